The Balaban J connectivity index is 2.90. The molecule has 0 unspecified atom stereocenters. The maximum absolute atomic E-state index is 10.6. The highest BCUT2D eigenvalue weighted by Gasteiger charge is 2.09. The topological polar surface area (TPSA) is 44.1 Å². The van der Waals surface area contributed by atoms with E-state index in [-0.39, 0.29) is 0 Å². The molecule has 1 heterocycles. The molecule has 1 aromatic heterocycles. The number of ether oxygens (including phenoxy) is 1. The first kappa shape index (κ1) is 9.92. The van der Waals surface area contributed by atoms with E-state index in [0.29, 0.717) is 18.9 Å². The molecular formula is C9H14N2O2. The summed E-state index contributed by atoms with van der Waals surface area (Å²) in [5.74, 6) is 0. The van der Waals surface area contributed by atoms with Crippen LogP contribution in [0.2, 0.25) is 0 Å². The zero-order valence-corrected chi connectivity index (χ0v) is 8.20. The number of carbonyl (C=O) groups excluding carboxylic acids is 1. The number of hydrogen-bond acceptors (Lipinski definition) is 3. The van der Waals surface area contributed by atoms with Crippen LogP contribution < -0.4 is 0 Å². The lowest BCUT2D eigenvalue weighted by atomic mass is 10.2. The predicted octanol–water partition coefficient (Wildman–Crippen LogP) is 1.31. The van der Waals surface area contributed by atoms with Gasteiger partial charge in [0.2, 0.25) is 0 Å². The number of carbonyl (C=O) groups is 1. The van der Waals surface area contributed by atoms with Crippen molar-refractivity contribution < 1.29 is 9.53 Å². The molecule has 0 amide bonds. The van der Waals surface area contributed by atoms with E-state index < -0.39 is 0 Å². The van der Waals surface area contributed by atoms with E-state index in [1.807, 2.05) is 20.8 Å². The zero-order chi connectivity index (χ0) is 9.84. The Labute approximate surface area is 77.5 Å². The van der Waals surface area contributed by atoms with E-state index in [1.54, 1.807) is 4.68 Å². The van der Waals surface area contributed by atoms with Crippen LogP contribution in [0.3, 0.4) is 0 Å². The summed E-state index contributed by atoms with van der Waals surface area (Å²) >= 11 is 0. The van der Waals surface area contributed by atoms with Gasteiger partial charge in [0.05, 0.1) is 11.3 Å². The van der Waals surface area contributed by atoms with E-state index in [0.717, 1.165) is 17.7 Å². The number of aryl methyl sites for hydroxylation is 1. The quantitative estimate of drug-likeness (QED) is 0.659. The SMILES string of the molecule is CCOCn1nc(C)c(C=O)c1C. The number of rotatable bonds is 4. The number of aldehydes is 1. The van der Waals surface area contributed by atoms with Crippen LogP contribution in [0.25, 0.3) is 0 Å². The van der Waals surface area contributed by atoms with Crippen molar-refractivity contribution in [3.8, 4) is 0 Å². The van der Waals surface area contributed by atoms with Crippen molar-refractivity contribution in [2.45, 2.75) is 27.5 Å². The van der Waals surface area contributed by atoms with Crippen LogP contribution in [-0.4, -0.2) is 22.7 Å². The van der Waals surface area contributed by atoms with Gasteiger partial charge in [0.25, 0.3) is 0 Å². The molecule has 0 aliphatic carbocycles. The van der Waals surface area contributed by atoms with Gasteiger partial charge in [0.15, 0.2) is 6.29 Å². The van der Waals surface area contributed by atoms with E-state index in [2.05, 4.69) is 5.10 Å². The van der Waals surface area contributed by atoms with Gasteiger partial charge in [-0.25, -0.2) is 4.68 Å². The summed E-state index contributed by atoms with van der Waals surface area (Å²) < 4.78 is 6.89. The Morgan fingerprint density at radius 1 is 1.54 bits per heavy atom. The fourth-order valence-electron chi connectivity index (χ4n) is 1.18. The molecule has 1 rings (SSSR count). The molecule has 4 nitrogen and oxygen atoms in total. The molecule has 0 saturated carbocycles. The lowest BCUT2D eigenvalue weighted by Crippen LogP contribution is -2.06. The van der Waals surface area contributed by atoms with Crippen LogP contribution in [0.5, 0.6) is 0 Å². The summed E-state index contributed by atoms with van der Waals surface area (Å²) in [6.45, 7) is 6.67. The third-order valence-electron chi connectivity index (χ3n) is 1.97. The summed E-state index contributed by atoms with van der Waals surface area (Å²) in [6.07, 6.45) is 0.833. The first-order valence-corrected chi connectivity index (χ1v) is 4.27. The molecule has 0 saturated heterocycles. The van der Waals surface area contributed by atoms with Crippen molar-refractivity contribution >= 4 is 6.29 Å². The van der Waals surface area contributed by atoms with Crippen LogP contribution in [0, 0.1) is 13.8 Å². The fourth-order valence-corrected chi connectivity index (χ4v) is 1.18. The number of hydrogen-bond donors (Lipinski definition) is 0. The van der Waals surface area contributed by atoms with E-state index in [9.17, 15) is 4.79 Å². The maximum Gasteiger partial charge on any atom is 0.153 e. The van der Waals surface area contributed by atoms with Crippen LogP contribution in [0.15, 0.2) is 0 Å². The highest BCUT2D eigenvalue weighted by Crippen LogP contribution is 2.09. The lowest BCUT2D eigenvalue weighted by Gasteiger charge is -2.03. The Morgan fingerprint density at radius 3 is 2.69 bits per heavy atom. The first-order chi connectivity index (χ1) is 6.20. The zero-order valence-electron chi connectivity index (χ0n) is 8.20. The van der Waals surface area contributed by atoms with Crippen molar-refractivity contribution in [1.82, 2.24) is 9.78 Å². The average molecular weight is 182 g/mol. The summed E-state index contributed by atoms with van der Waals surface area (Å²) in [7, 11) is 0. The summed E-state index contributed by atoms with van der Waals surface area (Å²) in [4.78, 5) is 10.6. The summed E-state index contributed by atoms with van der Waals surface area (Å²) in [6, 6.07) is 0. The van der Waals surface area contributed by atoms with Gasteiger partial charge in [-0.1, -0.05) is 0 Å². The van der Waals surface area contributed by atoms with Crippen molar-refractivity contribution in [3.63, 3.8) is 0 Å². The van der Waals surface area contributed by atoms with Gasteiger partial charge in [-0.05, 0) is 20.8 Å². The van der Waals surface area contributed by atoms with Crippen molar-refractivity contribution in [2.75, 3.05) is 6.61 Å². The molecule has 0 atom stereocenters. The molecule has 72 valence electrons. The van der Waals surface area contributed by atoms with Crippen molar-refractivity contribution in [2.24, 2.45) is 0 Å². The lowest BCUT2D eigenvalue weighted by molar-refractivity contribution is 0.0774. The fraction of sp³-hybridized carbons (Fsp3) is 0.556. The van der Waals surface area contributed by atoms with Crippen LogP contribution >= 0.6 is 0 Å². The van der Waals surface area contributed by atoms with Gasteiger partial charge >= 0.3 is 0 Å². The number of nitrogens with zero attached hydrogens (tertiary/aromatic N) is 2. The summed E-state index contributed by atoms with van der Waals surface area (Å²) in [5.41, 5.74) is 2.29. The van der Waals surface area contributed by atoms with Gasteiger partial charge in [-0.3, -0.25) is 4.79 Å². The monoisotopic (exact) mass is 182 g/mol. The molecule has 0 aliphatic rings. The van der Waals surface area contributed by atoms with Crippen LogP contribution in [0.1, 0.15) is 28.7 Å². The molecule has 13 heavy (non-hydrogen) atoms. The van der Waals surface area contributed by atoms with Crippen molar-refractivity contribution in [1.29, 1.82) is 0 Å². The maximum atomic E-state index is 10.6. The smallest absolute Gasteiger partial charge is 0.153 e. The third kappa shape index (κ3) is 1.95. The highest BCUT2D eigenvalue weighted by atomic mass is 16.5. The highest BCUT2D eigenvalue weighted by molar-refractivity contribution is 5.77. The Morgan fingerprint density at radius 2 is 2.23 bits per heavy atom. The van der Waals surface area contributed by atoms with Gasteiger partial charge < -0.3 is 4.74 Å². The predicted molar refractivity (Wildman–Crippen MR) is 48.7 cm³/mol. The first-order valence-electron chi connectivity index (χ1n) is 4.27. The molecule has 0 radical (unpaired) electrons. The molecule has 0 aliphatic heterocycles. The Kier molecular flexibility index (Phi) is 3.19. The minimum atomic E-state index is 0.414. The summed E-state index contributed by atoms with van der Waals surface area (Å²) in [5, 5.41) is 4.18. The van der Waals surface area contributed by atoms with Crippen LogP contribution in [-0.2, 0) is 11.5 Å². The van der Waals surface area contributed by atoms with Gasteiger partial charge in [0, 0.05) is 12.3 Å². The Hall–Kier alpha value is -1.16. The van der Waals surface area contributed by atoms with Gasteiger partial charge in [0.1, 0.15) is 6.73 Å². The molecule has 0 fully saturated rings. The van der Waals surface area contributed by atoms with Crippen LogP contribution in [0.4, 0.5) is 0 Å². The second-order valence-electron chi connectivity index (χ2n) is 2.82. The molecular weight excluding hydrogens is 168 g/mol. The van der Waals surface area contributed by atoms with Gasteiger partial charge in [-0.2, -0.15) is 5.10 Å². The molecule has 0 bridgehead atoms. The minimum absolute atomic E-state index is 0.414. The van der Waals surface area contributed by atoms with Gasteiger partial charge in [-0.15, -0.1) is 0 Å². The number of aromatic nitrogens is 2. The molecule has 0 aromatic carbocycles. The largest absolute Gasteiger partial charge is 0.360 e. The minimum Gasteiger partial charge on any atom is -0.360 e. The molecule has 1 aromatic rings. The van der Waals surface area contributed by atoms with Crippen molar-refractivity contribution in [3.05, 3.63) is 17.0 Å². The second-order valence-corrected chi connectivity index (χ2v) is 2.82. The van der Waals surface area contributed by atoms with E-state index >= 15 is 0 Å². The molecule has 0 N–H and O–H groups in total. The van der Waals surface area contributed by atoms with E-state index in [1.165, 1.54) is 0 Å². The standard InChI is InChI=1S/C9H14N2O2/c1-4-13-6-11-8(3)9(5-12)7(2)10-11/h5H,4,6H2,1-3H3. The average Bonchev–Trinajstić information content (AvgIpc) is 2.38. The Bertz CT molecular complexity index is 305. The second kappa shape index (κ2) is 4.18. The normalized spacial score (nSPS) is 10.4. The third-order valence-corrected chi connectivity index (χ3v) is 1.97. The van der Waals surface area contributed by atoms with E-state index in [4.69, 9.17) is 4.74 Å². The molecule has 0 spiro atoms. The molecule has 4 heteroatoms.